The Labute approximate surface area is 221 Å². The number of primary amides is 1. The summed E-state index contributed by atoms with van der Waals surface area (Å²) in [5, 5.41) is 6.59. The van der Waals surface area contributed by atoms with Crippen molar-refractivity contribution < 1.29 is 13.2 Å². The molecule has 1 fully saturated rings. The molecule has 2 aromatic carbocycles. The maximum absolute atomic E-state index is 12.4. The van der Waals surface area contributed by atoms with Gasteiger partial charge in [-0.3, -0.25) is 4.79 Å². The minimum absolute atomic E-state index is 0.125. The number of carbonyl (C=O) groups excluding carboxylic acids is 1. The van der Waals surface area contributed by atoms with E-state index in [4.69, 9.17) is 5.73 Å². The molecule has 4 aromatic rings. The van der Waals surface area contributed by atoms with Crippen LogP contribution in [-0.4, -0.2) is 42.5 Å². The number of hydrogen-bond acceptors (Lipinski definition) is 5. The third kappa shape index (κ3) is 5.50. The Morgan fingerprint density at radius 3 is 2.57 bits per heavy atom. The van der Waals surface area contributed by atoms with Crippen LogP contribution in [-0.2, 0) is 23.1 Å². The van der Waals surface area contributed by atoms with E-state index in [1.807, 2.05) is 30.5 Å². The van der Waals surface area contributed by atoms with E-state index in [-0.39, 0.29) is 11.7 Å². The molecule has 0 unspecified atom stereocenters. The van der Waals surface area contributed by atoms with Gasteiger partial charge in [-0.15, -0.1) is 11.3 Å². The van der Waals surface area contributed by atoms with E-state index >= 15 is 0 Å². The van der Waals surface area contributed by atoms with E-state index in [9.17, 15) is 13.2 Å². The average Bonchev–Trinajstić information content (AvgIpc) is 3.56. The fraction of sp³-hybridized carbons (Fsp3) is 0.321. The molecule has 1 amide bonds. The van der Waals surface area contributed by atoms with Crippen molar-refractivity contribution in [2.75, 3.05) is 18.8 Å². The second-order valence-electron chi connectivity index (χ2n) is 9.52. The van der Waals surface area contributed by atoms with Crippen LogP contribution in [0.1, 0.15) is 52.0 Å². The van der Waals surface area contributed by atoms with E-state index in [1.54, 1.807) is 22.6 Å². The molecule has 0 bridgehead atoms. The number of carbonyl (C=O) groups is 1. The summed E-state index contributed by atoms with van der Waals surface area (Å²) in [5.41, 5.74) is 11.4. The molecular formula is C28H32N4O3S2. The van der Waals surface area contributed by atoms with Crippen LogP contribution in [0.15, 0.2) is 60.1 Å². The van der Waals surface area contributed by atoms with Crippen LogP contribution in [0, 0.1) is 0 Å². The van der Waals surface area contributed by atoms with Gasteiger partial charge in [-0.05, 0) is 71.5 Å². The van der Waals surface area contributed by atoms with Crippen molar-refractivity contribution in [3.8, 4) is 11.1 Å². The molecule has 7 nitrogen and oxygen atoms in total. The number of nitrogens with one attached hydrogen (secondary N) is 2. The van der Waals surface area contributed by atoms with Crippen molar-refractivity contribution >= 4 is 38.2 Å². The lowest BCUT2D eigenvalue weighted by Crippen LogP contribution is -2.38. The number of benzene rings is 2. The van der Waals surface area contributed by atoms with Crippen LogP contribution < -0.4 is 11.1 Å². The summed E-state index contributed by atoms with van der Waals surface area (Å²) in [5.74, 6) is -0.127. The monoisotopic (exact) mass is 536 g/mol. The number of amides is 1. The first-order chi connectivity index (χ1) is 17.9. The van der Waals surface area contributed by atoms with E-state index in [0.29, 0.717) is 18.7 Å². The summed E-state index contributed by atoms with van der Waals surface area (Å²) in [6.07, 6.45) is 3.46. The molecule has 0 spiro atoms. The molecule has 1 saturated heterocycles. The Hall–Kier alpha value is -2.98. The fourth-order valence-corrected chi connectivity index (χ4v) is 7.13. The zero-order valence-corrected chi connectivity index (χ0v) is 22.5. The molecule has 9 heteroatoms. The second-order valence-corrected chi connectivity index (χ2v) is 12.8. The molecule has 194 valence electrons. The number of thiophene rings is 1. The van der Waals surface area contributed by atoms with Gasteiger partial charge in [0.1, 0.15) is 0 Å². The molecule has 4 N–H and O–H groups in total. The number of hydrogen-bond donors (Lipinski definition) is 3. The number of nitrogens with zero attached hydrogens (tertiary/aromatic N) is 1. The Morgan fingerprint density at radius 1 is 1.11 bits per heavy atom. The number of sulfonamides is 1. The topological polar surface area (TPSA) is 108 Å². The van der Waals surface area contributed by atoms with Gasteiger partial charge in [0.25, 0.3) is 5.91 Å². The number of aromatic amines is 1. The van der Waals surface area contributed by atoms with Gasteiger partial charge in [0, 0.05) is 42.6 Å². The van der Waals surface area contributed by atoms with Gasteiger partial charge in [-0.2, -0.15) is 0 Å². The van der Waals surface area contributed by atoms with E-state index in [1.165, 1.54) is 10.4 Å². The lowest BCUT2D eigenvalue weighted by Gasteiger charge is -2.31. The Balaban J connectivity index is 1.38. The summed E-state index contributed by atoms with van der Waals surface area (Å²) in [7, 11) is -3.18. The molecular weight excluding hydrogens is 504 g/mol. The minimum Gasteiger partial charge on any atom is -0.366 e. The van der Waals surface area contributed by atoms with Gasteiger partial charge in [-0.1, -0.05) is 30.3 Å². The third-order valence-electron chi connectivity index (χ3n) is 7.20. The standard InChI is InChI=1S/C28H32N4O3S2/c1-2-37(34,35)32-10-8-20(9-11-32)26-17-31-27-24(26)13-21(14-25(27)28(29)33)22-12-23(36-18-22)16-30-15-19-6-4-3-5-7-19/h3-7,12-14,17-18,20,30-31H,2,8-11,15-16H2,1H3,(H2,29,33). The number of nitrogens with two attached hydrogens (primary N) is 1. The molecule has 1 aliphatic rings. The quantitative estimate of drug-likeness (QED) is 0.285. The van der Waals surface area contributed by atoms with Crippen molar-refractivity contribution in [3.63, 3.8) is 0 Å². The number of rotatable bonds is 9. The maximum atomic E-state index is 12.4. The van der Waals surface area contributed by atoms with Crippen molar-refractivity contribution in [2.45, 2.75) is 38.8 Å². The normalized spacial score (nSPS) is 15.4. The van der Waals surface area contributed by atoms with Crippen LogP contribution in [0.4, 0.5) is 0 Å². The predicted octanol–water partition coefficient (Wildman–Crippen LogP) is 4.81. The summed E-state index contributed by atoms with van der Waals surface area (Å²) in [6, 6.07) is 16.5. The molecule has 1 aliphatic heterocycles. The van der Waals surface area contributed by atoms with E-state index in [2.05, 4.69) is 39.9 Å². The first-order valence-corrected chi connectivity index (χ1v) is 15.1. The SMILES string of the molecule is CCS(=O)(=O)N1CCC(c2c[nH]c3c(C(N)=O)cc(-c4csc(CNCc5ccccc5)c4)cc23)CC1. The lowest BCUT2D eigenvalue weighted by atomic mass is 9.88. The maximum Gasteiger partial charge on any atom is 0.250 e. The summed E-state index contributed by atoms with van der Waals surface area (Å²) >= 11 is 1.69. The largest absolute Gasteiger partial charge is 0.366 e. The van der Waals surface area contributed by atoms with Crippen LogP contribution in [0.25, 0.3) is 22.0 Å². The van der Waals surface area contributed by atoms with Crippen LogP contribution in [0.5, 0.6) is 0 Å². The molecule has 37 heavy (non-hydrogen) atoms. The smallest absolute Gasteiger partial charge is 0.250 e. The van der Waals surface area contributed by atoms with Gasteiger partial charge in [0.05, 0.1) is 16.8 Å². The highest BCUT2D eigenvalue weighted by atomic mass is 32.2. The number of aromatic nitrogens is 1. The lowest BCUT2D eigenvalue weighted by molar-refractivity contribution is 0.100. The summed E-state index contributed by atoms with van der Waals surface area (Å²) < 4.78 is 26.2. The molecule has 0 saturated carbocycles. The molecule has 0 atom stereocenters. The molecule has 0 radical (unpaired) electrons. The molecule has 0 aliphatic carbocycles. The third-order valence-corrected chi connectivity index (χ3v) is 10.0. The van der Waals surface area contributed by atoms with Crippen molar-refractivity contribution in [3.05, 3.63) is 81.7 Å². The van der Waals surface area contributed by atoms with Crippen molar-refractivity contribution in [1.29, 1.82) is 0 Å². The average molecular weight is 537 g/mol. The Morgan fingerprint density at radius 2 is 1.86 bits per heavy atom. The fourth-order valence-electron chi connectivity index (χ4n) is 5.13. The van der Waals surface area contributed by atoms with Gasteiger partial charge < -0.3 is 16.0 Å². The Kier molecular flexibility index (Phi) is 7.48. The highest BCUT2D eigenvalue weighted by molar-refractivity contribution is 7.89. The zero-order chi connectivity index (χ0) is 26.0. The minimum atomic E-state index is -3.18. The van der Waals surface area contributed by atoms with Crippen LogP contribution in [0.2, 0.25) is 0 Å². The second kappa shape index (κ2) is 10.8. The van der Waals surface area contributed by atoms with Gasteiger partial charge in [0.2, 0.25) is 10.0 Å². The summed E-state index contributed by atoms with van der Waals surface area (Å²) in [6.45, 7) is 4.28. The first-order valence-electron chi connectivity index (χ1n) is 12.6. The van der Waals surface area contributed by atoms with Gasteiger partial charge >= 0.3 is 0 Å². The molecule has 5 rings (SSSR count). The number of H-pyrrole nitrogens is 1. The van der Waals surface area contributed by atoms with Gasteiger partial charge in [0.15, 0.2) is 0 Å². The number of fused-ring (bicyclic) bond motifs is 1. The van der Waals surface area contributed by atoms with Crippen LogP contribution >= 0.6 is 11.3 Å². The van der Waals surface area contributed by atoms with E-state index in [0.717, 1.165) is 53.5 Å². The zero-order valence-electron chi connectivity index (χ0n) is 20.9. The van der Waals surface area contributed by atoms with Gasteiger partial charge in [-0.25, -0.2) is 12.7 Å². The molecule has 3 heterocycles. The summed E-state index contributed by atoms with van der Waals surface area (Å²) in [4.78, 5) is 16.9. The molecule has 2 aromatic heterocycles. The highest BCUT2D eigenvalue weighted by Gasteiger charge is 2.29. The van der Waals surface area contributed by atoms with E-state index < -0.39 is 15.9 Å². The Bertz CT molecular complexity index is 1500. The van der Waals surface area contributed by atoms with Crippen molar-refractivity contribution in [1.82, 2.24) is 14.6 Å². The first kappa shape index (κ1) is 25.7. The van der Waals surface area contributed by atoms with Crippen LogP contribution in [0.3, 0.4) is 0 Å². The van der Waals surface area contributed by atoms with Crippen molar-refractivity contribution in [2.24, 2.45) is 5.73 Å². The number of piperidine rings is 1. The highest BCUT2D eigenvalue weighted by Crippen LogP contribution is 2.38. The predicted molar refractivity (Wildman–Crippen MR) is 150 cm³/mol.